The molecule has 29 heavy (non-hydrogen) atoms. The average Bonchev–Trinajstić information content (AvgIpc) is 3.00. The van der Waals surface area contributed by atoms with Crippen LogP contribution in [0, 0.1) is 6.92 Å². The van der Waals surface area contributed by atoms with Crippen LogP contribution in [0.5, 0.6) is 0 Å². The normalized spacial score (nSPS) is 10.9. The Labute approximate surface area is 167 Å². The van der Waals surface area contributed by atoms with E-state index in [1.54, 1.807) is 39.7 Å². The van der Waals surface area contributed by atoms with Crippen LogP contribution in [0.1, 0.15) is 21.6 Å². The van der Waals surface area contributed by atoms with Crippen molar-refractivity contribution in [2.24, 2.45) is 0 Å². The Bertz CT molecular complexity index is 1210. The number of imidazole rings is 1. The van der Waals surface area contributed by atoms with Crippen molar-refractivity contribution < 1.29 is 4.79 Å². The van der Waals surface area contributed by atoms with Crippen LogP contribution in [0.3, 0.4) is 0 Å². The summed E-state index contributed by atoms with van der Waals surface area (Å²) in [7, 11) is 0. The fraction of sp³-hybridized carbons (Fsp3) is 0.182. The second kappa shape index (κ2) is 8.10. The second-order valence-corrected chi connectivity index (χ2v) is 6.83. The third-order valence-electron chi connectivity index (χ3n) is 4.72. The number of hydrogen-bond acceptors (Lipinski definition) is 4. The van der Waals surface area contributed by atoms with Crippen LogP contribution < -0.4 is 11.0 Å². The van der Waals surface area contributed by atoms with E-state index in [9.17, 15) is 9.59 Å². The molecule has 1 aromatic carbocycles. The summed E-state index contributed by atoms with van der Waals surface area (Å²) >= 11 is 0. The first-order valence-corrected chi connectivity index (χ1v) is 9.42. The lowest BCUT2D eigenvalue weighted by molar-refractivity contribution is 0.0947. The number of fused-ring (bicyclic) bond motifs is 1. The first kappa shape index (κ1) is 18.6. The average molecular weight is 387 g/mol. The van der Waals surface area contributed by atoms with Crippen LogP contribution in [0.15, 0.2) is 71.8 Å². The van der Waals surface area contributed by atoms with Crippen LogP contribution >= 0.6 is 0 Å². The van der Waals surface area contributed by atoms with Gasteiger partial charge in [-0.2, -0.15) is 0 Å². The van der Waals surface area contributed by atoms with Gasteiger partial charge in [-0.1, -0.05) is 35.9 Å². The van der Waals surface area contributed by atoms with E-state index in [2.05, 4.69) is 21.4 Å². The monoisotopic (exact) mass is 387 g/mol. The molecule has 0 bridgehead atoms. The summed E-state index contributed by atoms with van der Waals surface area (Å²) in [6.45, 7) is 3.12. The van der Waals surface area contributed by atoms with Gasteiger partial charge in [-0.3, -0.25) is 18.9 Å². The number of hydrogen-bond donors (Lipinski definition) is 1. The van der Waals surface area contributed by atoms with E-state index in [1.165, 1.54) is 0 Å². The third-order valence-corrected chi connectivity index (χ3v) is 4.72. The van der Waals surface area contributed by atoms with Crippen molar-refractivity contribution in [3.8, 4) is 0 Å². The molecule has 0 aliphatic rings. The molecule has 7 nitrogen and oxygen atoms in total. The number of carbonyl (C=O) groups is 1. The van der Waals surface area contributed by atoms with Crippen molar-refractivity contribution in [2.45, 2.75) is 20.0 Å². The summed E-state index contributed by atoms with van der Waals surface area (Å²) in [5.74, 6) is -0.268. The highest BCUT2D eigenvalue weighted by molar-refractivity contribution is 5.92. The number of carbonyl (C=O) groups excluding carboxylic acids is 1. The SMILES string of the molecule is Cc1cccc(Cn2c(=O)n(CCNC(=O)c3ccccn3)c3ncccc32)c1. The number of amides is 1. The molecule has 0 aliphatic carbocycles. The summed E-state index contributed by atoms with van der Waals surface area (Å²) in [5.41, 5.74) is 3.78. The van der Waals surface area contributed by atoms with Gasteiger partial charge in [-0.15, -0.1) is 0 Å². The topological polar surface area (TPSA) is 81.8 Å². The zero-order chi connectivity index (χ0) is 20.2. The molecule has 1 N–H and O–H groups in total. The number of nitrogens with zero attached hydrogens (tertiary/aromatic N) is 4. The minimum absolute atomic E-state index is 0.146. The molecule has 7 heteroatoms. The molecular formula is C22H21N5O2. The standard InChI is InChI=1S/C22H21N5O2/c1-16-6-4-7-17(14-16)15-27-19-9-5-11-24-20(19)26(22(27)29)13-12-25-21(28)18-8-2-3-10-23-18/h2-11,14H,12-13,15H2,1H3,(H,25,28). The highest BCUT2D eigenvalue weighted by atomic mass is 16.2. The molecule has 1 amide bonds. The Morgan fingerprint density at radius 3 is 2.66 bits per heavy atom. The molecule has 4 rings (SSSR count). The predicted molar refractivity (Wildman–Crippen MR) is 111 cm³/mol. The first-order valence-electron chi connectivity index (χ1n) is 9.42. The van der Waals surface area contributed by atoms with E-state index < -0.39 is 0 Å². The van der Waals surface area contributed by atoms with Crippen molar-refractivity contribution in [2.75, 3.05) is 6.54 Å². The Kier molecular flexibility index (Phi) is 5.20. The lowest BCUT2D eigenvalue weighted by Crippen LogP contribution is -2.32. The molecule has 0 saturated heterocycles. The minimum Gasteiger partial charge on any atom is -0.349 e. The summed E-state index contributed by atoms with van der Waals surface area (Å²) in [4.78, 5) is 33.7. The van der Waals surface area contributed by atoms with Gasteiger partial charge in [0.1, 0.15) is 5.69 Å². The van der Waals surface area contributed by atoms with Gasteiger partial charge in [-0.25, -0.2) is 9.78 Å². The van der Waals surface area contributed by atoms with Crippen molar-refractivity contribution in [1.29, 1.82) is 0 Å². The van der Waals surface area contributed by atoms with Gasteiger partial charge in [0.05, 0.1) is 12.1 Å². The predicted octanol–water partition coefficient (Wildman–Crippen LogP) is 2.38. The molecule has 4 aromatic rings. The zero-order valence-corrected chi connectivity index (χ0v) is 16.1. The van der Waals surface area contributed by atoms with E-state index in [0.717, 1.165) is 16.6 Å². The molecule has 0 unspecified atom stereocenters. The second-order valence-electron chi connectivity index (χ2n) is 6.83. The molecule has 0 saturated carbocycles. The van der Waals surface area contributed by atoms with Crippen LogP contribution in [-0.4, -0.2) is 31.6 Å². The number of rotatable bonds is 6. The smallest absolute Gasteiger partial charge is 0.330 e. The summed E-state index contributed by atoms with van der Waals surface area (Å²) in [5, 5.41) is 2.81. The molecule has 0 radical (unpaired) electrons. The molecule has 0 spiro atoms. The largest absolute Gasteiger partial charge is 0.349 e. The van der Waals surface area contributed by atoms with Gasteiger partial charge < -0.3 is 5.32 Å². The highest BCUT2D eigenvalue weighted by Gasteiger charge is 2.15. The fourth-order valence-electron chi connectivity index (χ4n) is 3.36. The summed E-state index contributed by atoms with van der Waals surface area (Å²) in [6, 6.07) is 17.0. The van der Waals surface area contributed by atoms with E-state index >= 15 is 0 Å². The number of pyridine rings is 2. The molecular weight excluding hydrogens is 366 g/mol. The summed E-state index contributed by atoms with van der Waals surface area (Å²) in [6.07, 6.45) is 3.24. The van der Waals surface area contributed by atoms with Crippen LogP contribution in [0.2, 0.25) is 0 Å². The lowest BCUT2D eigenvalue weighted by atomic mass is 10.1. The van der Waals surface area contributed by atoms with Gasteiger partial charge in [0, 0.05) is 25.5 Å². The van der Waals surface area contributed by atoms with Gasteiger partial charge >= 0.3 is 5.69 Å². The fourth-order valence-corrected chi connectivity index (χ4v) is 3.36. The van der Waals surface area contributed by atoms with Crippen LogP contribution in [0.25, 0.3) is 11.2 Å². The Balaban J connectivity index is 1.57. The van der Waals surface area contributed by atoms with Gasteiger partial charge in [-0.05, 0) is 36.8 Å². The molecule has 0 atom stereocenters. The van der Waals surface area contributed by atoms with E-state index in [0.29, 0.717) is 31.0 Å². The van der Waals surface area contributed by atoms with Crippen molar-refractivity contribution >= 4 is 17.1 Å². The van der Waals surface area contributed by atoms with Gasteiger partial charge in [0.25, 0.3) is 5.91 Å². The number of aryl methyl sites for hydroxylation is 1. The third kappa shape index (κ3) is 3.94. The number of benzene rings is 1. The molecule has 3 heterocycles. The van der Waals surface area contributed by atoms with E-state index in [1.807, 2.05) is 37.3 Å². The van der Waals surface area contributed by atoms with Crippen molar-refractivity contribution in [3.63, 3.8) is 0 Å². The molecule has 146 valence electrons. The molecule has 0 fully saturated rings. The van der Waals surface area contributed by atoms with Gasteiger partial charge in [0.2, 0.25) is 0 Å². The Morgan fingerprint density at radius 1 is 1.00 bits per heavy atom. The Hall–Kier alpha value is -3.74. The van der Waals surface area contributed by atoms with Crippen molar-refractivity contribution in [3.05, 3.63) is 94.3 Å². The Morgan fingerprint density at radius 2 is 1.86 bits per heavy atom. The quantitative estimate of drug-likeness (QED) is 0.551. The molecule has 0 aliphatic heterocycles. The number of aromatic nitrogens is 4. The number of nitrogens with one attached hydrogen (secondary N) is 1. The minimum atomic E-state index is -0.268. The van der Waals surface area contributed by atoms with Gasteiger partial charge in [0.15, 0.2) is 5.65 Å². The maximum atomic E-state index is 13.1. The summed E-state index contributed by atoms with van der Waals surface area (Å²) < 4.78 is 3.32. The maximum Gasteiger partial charge on any atom is 0.330 e. The zero-order valence-electron chi connectivity index (χ0n) is 16.1. The maximum absolute atomic E-state index is 13.1. The first-order chi connectivity index (χ1) is 14.1. The van der Waals surface area contributed by atoms with Crippen LogP contribution in [-0.2, 0) is 13.1 Å². The van der Waals surface area contributed by atoms with Crippen LogP contribution in [0.4, 0.5) is 0 Å². The van der Waals surface area contributed by atoms with E-state index in [4.69, 9.17) is 0 Å². The lowest BCUT2D eigenvalue weighted by Gasteiger charge is -2.06. The van der Waals surface area contributed by atoms with Crippen molar-refractivity contribution in [1.82, 2.24) is 24.4 Å². The highest BCUT2D eigenvalue weighted by Crippen LogP contribution is 2.13. The molecule has 3 aromatic heterocycles. The van der Waals surface area contributed by atoms with E-state index in [-0.39, 0.29) is 11.6 Å².